The molecule has 0 atom stereocenters. The molecule has 29 heavy (non-hydrogen) atoms. The first kappa shape index (κ1) is 16.6. The van der Waals surface area contributed by atoms with Crippen LogP contribution in [0.4, 0.5) is 10.1 Å². The molecule has 0 radical (unpaired) electrons. The number of pyridine rings is 2. The molecular weight excluding hydrogens is 373 g/mol. The predicted molar refractivity (Wildman–Crippen MR) is 106 cm³/mol. The van der Waals surface area contributed by atoms with E-state index in [4.69, 9.17) is 0 Å². The van der Waals surface area contributed by atoms with Crippen LogP contribution in [0.25, 0.3) is 22.7 Å². The Morgan fingerprint density at radius 3 is 2.66 bits per heavy atom. The lowest BCUT2D eigenvalue weighted by molar-refractivity contribution is 0.120. The van der Waals surface area contributed by atoms with Crippen LogP contribution in [0.2, 0.25) is 0 Å². The van der Waals surface area contributed by atoms with Crippen molar-refractivity contribution in [2.75, 3.05) is 31.1 Å². The summed E-state index contributed by atoms with van der Waals surface area (Å²) in [6, 6.07) is 4.96. The van der Waals surface area contributed by atoms with Crippen molar-refractivity contribution in [2.45, 2.75) is 6.92 Å². The van der Waals surface area contributed by atoms with Crippen molar-refractivity contribution in [3.05, 3.63) is 58.8 Å². The summed E-state index contributed by atoms with van der Waals surface area (Å²) in [7, 11) is 0. The van der Waals surface area contributed by atoms with E-state index >= 15 is 0 Å². The molecular formula is C20H18FN7O. The van der Waals surface area contributed by atoms with Gasteiger partial charge in [-0.2, -0.15) is 4.98 Å². The fourth-order valence-corrected chi connectivity index (χ4v) is 4.27. The van der Waals surface area contributed by atoms with Crippen molar-refractivity contribution >= 4 is 17.0 Å². The Morgan fingerprint density at radius 2 is 1.90 bits per heavy atom. The first-order valence-corrected chi connectivity index (χ1v) is 9.51. The Bertz CT molecular complexity index is 1350. The fraction of sp³-hybridized carbons (Fsp3) is 0.300. The molecule has 4 aromatic rings. The lowest BCUT2D eigenvalue weighted by Gasteiger charge is -2.57. The number of rotatable bonds is 2. The number of hydrogen-bond acceptors (Lipinski definition) is 6. The normalized spacial score (nSPS) is 17.7. The number of imidazole rings is 1. The lowest BCUT2D eigenvalue weighted by Crippen LogP contribution is -2.71. The number of anilines is 1. The summed E-state index contributed by atoms with van der Waals surface area (Å²) >= 11 is 0. The Labute approximate surface area is 164 Å². The molecule has 0 amide bonds. The second-order valence-electron chi connectivity index (χ2n) is 8.09. The molecule has 2 fully saturated rings. The van der Waals surface area contributed by atoms with Gasteiger partial charge in [0.25, 0.3) is 0 Å². The predicted octanol–water partition coefficient (Wildman–Crippen LogP) is 1.26. The molecule has 9 heteroatoms. The molecule has 2 saturated heterocycles. The Hall–Kier alpha value is -3.33. The maximum absolute atomic E-state index is 14.8. The zero-order valence-electron chi connectivity index (χ0n) is 15.8. The van der Waals surface area contributed by atoms with Crippen LogP contribution in [-0.4, -0.2) is 49.9 Å². The number of fused-ring (bicyclic) bond motifs is 2. The molecule has 0 aliphatic carbocycles. The summed E-state index contributed by atoms with van der Waals surface area (Å²) in [5.41, 5.74) is 2.80. The number of halogens is 1. The van der Waals surface area contributed by atoms with Crippen molar-refractivity contribution in [1.29, 1.82) is 0 Å². The van der Waals surface area contributed by atoms with E-state index in [-0.39, 0.29) is 22.7 Å². The third-order valence-electron chi connectivity index (χ3n) is 5.85. The van der Waals surface area contributed by atoms with Crippen LogP contribution in [0, 0.1) is 18.2 Å². The van der Waals surface area contributed by atoms with Gasteiger partial charge in [0.2, 0.25) is 0 Å². The molecule has 0 unspecified atom stereocenters. The Balaban J connectivity index is 1.41. The average molecular weight is 391 g/mol. The van der Waals surface area contributed by atoms with Gasteiger partial charge in [-0.3, -0.25) is 0 Å². The van der Waals surface area contributed by atoms with Crippen LogP contribution in [0.15, 0.2) is 41.6 Å². The Kier molecular flexibility index (Phi) is 3.21. The smallest absolute Gasteiger partial charge is 0.355 e. The number of nitrogens with one attached hydrogen (secondary N) is 1. The minimum absolute atomic E-state index is 0.240. The topological polar surface area (TPSA) is 79.8 Å². The molecule has 1 spiro atoms. The van der Waals surface area contributed by atoms with Crippen LogP contribution in [-0.2, 0) is 0 Å². The highest BCUT2D eigenvalue weighted by Gasteiger charge is 2.48. The highest BCUT2D eigenvalue weighted by atomic mass is 19.1. The van der Waals surface area contributed by atoms with Crippen LogP contribution >= 0.6 is 0 Å². The van der Waals surface area contributed by atoms with Gasteiger partial charge < -0.3 is 14.6 Å². The molecule has 1 N–H and O–H groups in total. The van der Waals surface area contributed by atoms with Crippen molar-refractivity contribution in [2.24, 2.45) is 5.41 Å². The van der Waals surface area contributed by atoms with E-state index in [9.17, 15) is 9.18 Å². The van der Waals surface area contributed by atoms with Gasteiger partial charge in [0, 0.05) is 61.8 Å². The number of aromatic nitrogens is 5. The van der Waals surface area contributed by atoms with Gasteiger partial charge in [0.05, 0.1) is 11.4 Å². The zero-order valence-corrected chi connectivity index (χ0v) is 15.8. The zero-order chi connectivity index (χ0) is 19.8. The minimum atomic E-state index is -0.478. The lowest BCUT2D eigenvalue weighted by atomic mass is 9.74. The van der Waals surface area contributed by atoms with Gasteiger partial charge in [-0.05, 0) is 19.1 Å². The summed E-state index contributed by atoms with van der Waals surface area (Å²) in [6.07, 6.45) is 5.21. The van der Waals surface area contributed by atoms with E-state index in [0.717, 1.165) is 37.5 Å². The molecule has 6 rings (SSSR count). The summed E-state index contributed by atoms with van der Waals surface area (Å²) < 4.78 is 18.0. The molecule has 146 valence electrons. The Morgan fingerprint density at radius 1 is 1.07 bits per heavy atom. The molecule has 2 aliphatic rings. The minimum Gasteiger partial charge on any atom is -0.367 e. The highest BCUT2D eigenvalue weighted by Crippen LogP contribution is 2.38. The first-order valence-electron chi connectivity index (χ1n) is 9.51. The number of aryl methyl sites for hydroxylation is 1. The summed E-state index contributed by atoms with van der Waals surface area (Å²) in [5.74, 6) is -0.115. The van der Waals surface area contributed by atoms with Gasteiger partial charge in [-0.1, -0.05) is 0 Å². The van der Waals surface area contributed by atoms with Gasteiger partial charge in [0.1, 0.15) is 11.3 Å². The molecule has 6 heterocycles. The standard InChI is InChI=1S/C20H18FN7O/c1-12-5-26-6-13(2-3-16(26)23-12)18-24-17-4-14(21)15(7-28(17)19(29)25-18)27-10-20(11-27)8-22-9-20/h2-7,22H,8-11H2,1H3. The SMILES string of the molecule is Cc1cn2cc(-c3nc(=O)n4cc(N5CC6(CNC6)C5)c(F)cc4n3)ccc2n1. The van der Waals surface area contributed by atoms with Crippen molar-refractivity contribution in [3.63, 3.8) is 0 Å². The first-order chi connectivity index (χ1) is 14.0. The van der Waals surface area contributed by atoms with Crippen molar-refractivity contribution in [3.8, 4) is 11.4 Å². The number of nitrogens with zero attached hydrogens (tertiary/aromatic N) is 6. The van der Waals surface area contributed by atoms with E-state index in [1.807, 2.05) is 40.8 Å². The highest BCUT2D eigenvalue weighted by molar-refractivity contribution is 5.61. The van der Waals surface area contributed by atoms with Crippen LogP contribution < -0.4 is 15.9 Å². The van der Waals surface area contributed by atoms with Gasteiger partial charge in [0.15, 0.2) is 11.6 Å². The van der Waals surface area contributed by atoms with Gasteiger partial charge >= 0.3 is 5.69 Å². The largest absolute Gasteiger partial charge is 0.367 e. The number of hydrogen-bond donors (Lipinski definition) is 1. The molecule has 4 aromatic heterocycles. The van der Waals surface area contributed by atoms with E-state index < -0.39 is 5.69 Å². The summed E-state index contributed by atoms with van der Waals surface area (Å²) in [5, 5.41) is 3.26. The average Bonchev–Trinajstić information content (AvgIpc) is 2.99. The van der Waals surface area contributed by atoms with E-state index in [2.05, 4.69) is 20.3 Å². The third-order valence-corrected chi connectivity index (χ3v) is 5.85. The van der Waals surface area contributed by atoms with Crippen LogP contribution in [0.5, 0.6) is 0 Å². The second-order valence-corrected chi connectivity index (χ2v) is 8.09. The maximum Gasteiger partial charge on any atom is 0.355 e. The fourth-order valence-electron chi connectivity index (χ4n) is 4.27. The monoisotopic (exact) mass is 391 g/mol. The quantitative estimate of drug-likeness (QED) is 0.554. The van der Waals surface area contributed by atoms with Gasteiger partial charge in [-0.25, -0.2) is 23.6 Å². The van der Waals surface area contributed by atoms with E-state index in [1.54, 1.807) is 0 Å². The molecule has 8 nitrogen and oxygen atoms in total. The van der Waals surface area contributed by atoms with Crippen molar-refractivity contribution < 1.29 is 4.39 Å². The summed E-state index contributed by atoms with van der Waals surface area (Å²) in [6.45, 7) is 5.42. The van der Waals surface area contributed by atoms with E-state index in [1.165, 1.54) is 16.7 Å². The third kappa shape index (κ3) is 2.47. The molecule has 0 saturated carbocycles. The molecule has 2 aliphatic heterocycles. The van der Waals surface area contributed by atoms with Crippen molar-refractivity contribution in [1.82, 2.24) is 29.1 Å². The summed E-state index contributed by atoms with van der Waals surface area (Å²) in [4.78, 5) is 27.6. The van der Waals surface area contributed by atoms with Crippen LogP contribution in [0.3, 0.4) is 0 Å². The molecule has 0 aromatic carbocycles. The second kappa shape index (κ2) is 5.60. The molecule has 0 bridgehead atoms. The van der Waals surface area contributed by atoms with Crippen LogP contribution in [0.1, 0.15) is 5.69 Å². The maximum atomic E-state index is 14.8. The van der Waals surface area contributed by atoms with E-state index in [0.29, 0.717) is 11.3 Å². The van der Waals surface area contributed by atoms with Gasteiger partial charge in [-0.15, -0.1) is 0 Å².